The first-order chi connectivity index (χ1) is 5.18. The second-order valence-corrected chi connectivity index (χ2v) is 3.65. The lowest BCUT2D eigenvalue weighted by atomic mass is 10.3. The molecule has 0 N–H and O–H groups in total. The molecule has 0 unspecified atom stereocenters. The summed E-state index contributed by atoms with van der Waals surface area (Å²) in [5.74, 6) is 0. The fourth-order valence-corrected chi connectivity index (χ4v) is 1.07. The van der Waals surface area contributed by atoms with E-state index in [0.29, 0.717) is 0 Å². The number of nitrogens with zero attached hydrogens (tertiary/aromatic N) is 1. The van der Waals surface area contributed by atoms with Crippen molar-refractivity contribution < 1.29 is 0 Å². The molecule has 0 aromatic heterocycles. The van der Waals surface area contributed by atoms with E-state index < -0.39 is 0 Å². The van der Waals surface area contributed by atoms with Crippen molar-refractivity contribution in [3.8, 4) is 0 Å². The van der Waals surface area contributed by atoms with Crippen molar-refractivity contribution >= 4 is 49.4 Å². The Morgan fingerprint density at radius 3 is 2.18 bits per heavy atom. The Labute approximate surface area is 83.2 Å². The molecule has 0 heterocycles. The van der Waals surface area contributed by atoms with E-state index in [1.165, 1.54) is 0 Å². The highest BCUT2D eigenvalue weighted by atomic mass is 79.9. The number of benzene rings is 1. The molecule has 0 fully saturated rings. The Balaban J connectivity index is 2.91. The predicted octanol–water partition coefficient (Wildman–Crippen LogP) is 3.91. The first-order valence-corrected chi connectivity index (χ1v) is 4.38. The quantitative estimate of drug-likeness (QED) is 0.672. The van der Waals surface area contributed by atoms with Gasteiger partial charge in [0.15, 0.2) is 4.63 Å². The smallest absolute Gasteiger partial charge is 0.197 e. The third kappa shape index (κ3) is 3.23. The highest BCUT2D eigenvalue weighted by molar-refractivity contribution is 9.10. The van der Waals surface area contributed by atoms with E-state index in [1.807, 2.05) is 24.3 Å². The van der Waals surface area contributed by atoms with E-state index in [2.05, 4.69) is 20.9 Å². The Hall–Kier alpha value is -0.0500. The fraction of sp³-hybridized carbons (Fsp3) is 0. The van der Waals surface area contributed by atoms with E-state index >= 15 is 0 Å². The van der Waals surface area contributed by atoms with Crippen LogP contribution in [-0.2, 0) is 0 Å². The normalized spacial score (nSPS) is 9.36. The van der Waals surface area contributed by atoms with Gasteiger partial charge in [0.1, 0.15) is 0 Å². The second-order valence-electron chi connectivity index (χ2n) is 1.83. The van der Waals surface area contributed by atoms with Gasteiger partial charge in [-0.05, 0) is 47.5 Å². The summed E-state index contributed by atoms with van der Waals surface area (Å²) in [7, 11) is 0. The lowest BCUT2D eigenvalue weighted by molar-refractivity contribution is 1.53. The molecule has 11 heavy (non-hydrogen) atoms. The van der Waals surface area contributed by atoms with Crippen LogP contribution in [0.25, 0.3) is 0 Å². The molecule has 0 saturated heterocycles. The zero-order valence-corrected chi connectivity index (χ0v) is 8.49. The van der Waals surface area contributed by atoms with E-state index in [4.69, 9.17) is 23.2 Å². The number of aliphatic imine (C=N–C) groups is 1. The average Bonchev–Trinajstić information content (AvgIpc) is 1.93. The summed E-state index contributed by atoms with van der Waals surface area (Å²) < 4.78 is 1.02. The van der Waals surface area contributed by atoms with Crippen LogP contribution in [0.15, 0.2) is 33.7 Å². The topological polar surface area (TPSA) is 12.4 Å². The summed E-state index contributed by atoms with van der Waals surface area (Å²) in [6, 6.07) is 7.37. The van der Waals surface area contributed by atoms with Gasteiger partial charge in [0.25, 0.3) is 0 Å². The number of rotatable bonds is 1. The summed E-state index contributed by atoms with van der Waals surface area (Å²) >= 11 is 14.0. The molecule has 0 radical (unpaired) electrons. The maximum absolute atomic E-state index is 5.36. The molecule has 0 amide bonds. The summed E-state index contributed by atoms with van der Waals surface area (Å²) in [5, 5.41) is 0. The minimum Gasteiger partial charge on any atom is -0.225 e. The van der Waals surface area contributed by atoms with Crippen LogP contribution in [0.1, 0.15) is 0 Å². The molecule has 0 aliphatic carbocycles. The van der Waals surface area contributed by atoms with Crippen LogP contribution in [0.4, 0.5) is 5.69 Å². The number of hydrogen-bond donors (Lipinski definition) is 0. The maximum atomic E-state index is 5.36. The molecule has 1 aromatic rings. The standard InChI is InChI=1S/C7H4BrCl2N/c8-5-1-3-6(4-2-5)11-7(9)10/h1-4H. The molecule has 1 rings (SSSR count). The van der Waals surface area contributed by atoms with Crippen molar-refractivity contribution in [1.29, 1.82) is 0 Å². The van der Waals surface area contributed by atoms with Crippen molar-refractivity contribution in [3.63, 3.8) is 0 Å². The van der Waals surface area contributed by atoms with Gasteiger partial charge < -0.3 is 0 Å². The van der Waals surface area contributed by atoms with Crippen molar-refractivity contribution in [3.05, 3.63) is 28.7 Å². The largest absolute Gasteiger partial charge is 0.225 e. The van der Waals surface area contributed by atoms with E-state index in [9.17, 15) is 0 Å². The van der Waals surface area contributed by atoms with Gasteiger partial charge >= 0.3 is 0 Å². The SMILES string of the molecule is ClC(Cl)=Nc1ccc(Br)cc1. The second kappa shape index (κ2) is 4.10. The number of halogens is 3. The zero-order valence-electron chi connectivity index (χ0n) is 5.39. The third-order valence-corrected chi connectivity index (χ3v) is 1.74. The molecule has 0 atom stereocenters. The Bertz CT molecular complexity index is 264. The van der Waals surface area contributed by atoms with Crippen molar-refractivity contribution in [2.75, 3.05) is 0 Å². The van der Waals surface area contributed by atoms with Gasteiger partial charge in [0.05, 0.1) is 5.69 Å². The molecule has 4 heteroatoms. The zero-order chi connectivity index (χ0) is 8.27. The Morgan fingerprint density at radius 1 is 1.18 bits per heavy atom. The molecule has 0 spiro atoms. The van der Waals surface area contributed by atoms with E-state index in [-0.39, 0.29) is 4.63 Å². The molecule has 1 nitrogen and oxygen atoms in total. The third-order valence-electron chi connectivity index (χ3n) is 1.04. The average molecular weight is 253 g/mol. The van der Waals surface area contributed by atoms with Crippen LogP contribution in [-0.4, -0.2) is 4.63 Å². The lowest BCUT2D eigenvalue weighted by Crippen LogP contribution is -1.69. The molecule has 0 bridgehead atoms. The molecule has 0 aliphatic heterocycles. The number of hydrogen-bond acceptors (Lipinski definition) is 1. The summed E-state index contributed by atoms with van der Waals surface area (Å²) in [6.07, 6.45) is 0. The van der Waals surface area contributed by atoms with Gasteiger partial charge in [-0.3, -0.25) is 0 Å². The fourth-order valence-electron chi connectivity index (χ4n) is 0.613. The van der Waals surface area contributed by atoms with Gasteiger partial charge in [-0.2, -0.15) is 0 Å². The molecule has 1 aromatic carbocycles. The van der Waals surface area contributed by atoms with E-state index in [1.54, 1.807) is 0 Å². The van der Waals surface area contributed by atoms with Crippen LogP contribution in [0, 0.1) is 0 Å². The molecular formula is C7H4BrCl2N. The Morgan fingerprint density at radius 2 is 1.73 bits per heavy atom. The monoisotopic (exact) mass is 251 g/mol. The minimum atomic E-state index is 0.0207. The molecule has 0 saturated carbocycles. The van der Waals surface area contributed by atoms with Crippen LogP contribution in [0.5, 0.6) is 0 Å². The van der Waals surface area contributed by atoms with Gasteiger partial charge in [-0.15, -0.1) is 0 Å². The highest BCUT2D eigenvalue weighted by Gasteiger charge is 1.90. The van der Waals surface area contributed by atoms with Gasteiger partial charge in [-0.25, -0.2) is 4.99 Å². The van der Waals surface area contributed by atoms with Gasteiger partial charge in [-0.1, -0.05) is 15.9 Å². The molecule has 58 valence electrons. The molecule has 0 aliphatic rings. The Kier molecular flexibility index (Phi) is 3.37. The highest BCUT2D eigenvalue weighted by Crippen LogP contribution is 2.17. The minimum absolute atomic E-state index is 0.0207. The van der Waals surface area contributed by atoms with Crippen molar-refractivity contribution in [2.45, 2.75) is 0 Å². The van der Waals surface area contributed by atoms with Crippen molar-refractivity contribution in [2.24, 2.45) is 4.99 Å². The maximum Gasteiger partial charge on any atom is 0.197 e. The van der Waals surface area contributed by atoms with Gasteiger partial charge in [0.2, 0.25) is 0 Å². The van der Waals surface area contributed by atoms with Gasteiger partial charge in [0, 0.05) is 4.47 Å². The first-order valence-electron chi connectivity index (χ1n) is 2.84. The molecular weight excluding hydrogens is 249 g/mol. The van der Waals surface area contributed by atoms with Crippen LogP contribution >= 0.6 is 39.1 Å². The lowest BCUT2D eigenvalue weighted by Gasteiger charge is -1.91. The predicted molar refractivity (Wildman–Crippen MR) is 52.9 cm³/mol. The van der Waals surface area contributed by atoms with E-state index in [0.717, 1.165) is 10.2 Å². The summed E-state index contributed by atoms with van der Waals surface area (Å²) in [4.78, 5) is 3.83. The van der Waals surface area contributed by atoms with Crippen molar-refractivity contribution in [1.82, 2.24) is 0 Å². The first kappa shape index (κ1) is 9.04. The van der Waals surface area contributed by atoms with Crippen LogP contribution in [0.2, 0.25) is 0 Å². The van der Waals surface area contributed by atoms with Crippen LogP contribution in [0.3, 0.4) is 0 Å². The van der Waals surface area contributed by atoms with Crippen LogP contribution < -0.4 is 0 Å². The summed E-state index contributed by atoms with van der Waals surface area (Å²) in [6.45, 7) is 0. The summed E-state index contributed by atoms with van der Waals surface area (Å²) in [5.41, 5.74) is 0.744.